The van der Waals surface area contributed by atoms with E-state index in [0.717, 1.165) is 43.1 Å². The summed E-state index contributed by atoms with van der Waals surface area (Å²) in [5, 5.41) is 0. The second-order valence-corrected chi connectivity index (χ2v) is 7.05. The summed E-state index contributed by atoms with van der Waals surface area (Å²) in [7, 11) is 3.87. The third-order valence-corrected chi connectivity index (χ3v) is 5.18. The third-order valence-electron chi connectivity index (χ3n) is 5.18. The largest absolute Gasteiger partial charge is 0.454 e. The van der Waals surface area contributed by atoms with Crippen molar-refractivity contribution in [1.82, 2.24) is 19.8 Å². The zero-order valence-corrected chi connectivity index (χ0v) is 15.1. The Bertz CT molecular complexity index is 767. The summed E-state index contributed by atoms with van der Waals surface area (Å²) in [6, 6.07) is 5.42. The Morgan fingerprint density at radius 2 is 2.04 bits per heavy atom. The smallest absolute Gasteiger partial charge is 0.244 e. The van der Waals surface area contributed by atoms with Gasteiger partial charge in [-0.05, 0) is 44.6 Å². The van der Waals surface area contributed by atoms with Gasteiger partial charge in [0.05, 0.1) is 0 Å². The van der Waals surface area contributed by atoms with Crippen LogP contribution in [0.5, 0.6) is 11.5 Å². The van der Waals surface area contributed by atoms with Crippen molar-refractivity contribution in [3.8, 4) is 11.5 Å². The van der Waals surface area contributed by atoms with E-state index in [9.17, 15) is 4.79 Å². The number of nitrogens with one attached hydrogen (secondary N) is 1. The summed E-state index contributed by atoms with van der Waals surface area (Å²) >= 11 is 0. The maximum absolute atomic E-state index is 13.2. The average Bonchev–Trinajstić information content (AvgIpc) is 3.33. The number of ether oxygens (including phenoxy) is 2. The van der Waals surface area contributed by atoms with Crippen LogP contribution in [0.3, 0.4) is 0 Å². The van der Waals surface area contributed by atoms with E-state index >= 15 is 0 Å². The molecule has 0 spiro atoms. The highest BCUT2D eigenvalue weighted by molar-refractivity contribution is 5.83. The van der Waals surface area contributed by atoms with Gasteiger partial charge in [-0.1, -0.05) is 6.07 Å². The predicted octanol–water partition coefficient (Wildman–Crippen LogP) is 2.15. The number of nitrogens with zero attached hydrogens (tertiary/aromatic N) is 3. The van der Waals surface area contributed by atoms with Gasteiger partial charge in [-0.3, -0.25) is 9.69 Å². The van der Waals surface area contributed by atoms with Gasteiger partial charge < -0.3 is 19.4 Å². The molecule has 7 heteroatoms. The summed E-state index contributed by atoms with van der Waals surface area (Å²) in [6.07, 6.45) is 5.50. The molecule has 3 heterocycles. The highest BCUT2D eigenvalue weighted by Gasteiger charge is 2.32. The molecule has 0 unspecified atom stereocenters. The van der Waals surface area contributed by atoms with E-state index in [1.54, 1.807) is 6.20 Å². The van der Waals surface area contributed by atoms with Crippen molar-refractivity contribution in [2.45, 2.75) is 24.8 Å². The van der Waals surface area contributed by atoms with E-state index < -0.39 is 0 Å². The molecular weight excluding hydrogens is 332 g/mol. The quantitative estimate of drug-likeness (QED) is 0.909. The molecule has 1 aromatic carbocycles. The summed E-state index contributed by atoms with van der Waals surface area (Å²) in [6.45, 7) is 1.73. The zero-order valence-electron chi connectivity index (χ0n) is 15.1. The van der Waals surface area contributed by atoms with Gasteiger partial charge in [0.1, 0.15) is 11.9 Å². The van der Waals surface area contributed by atoms with Gasteiger partial charge in [0, 0.05) is 31.4 Å². The van der Waals surface area contributed by atoms with Crippen LogP contribution in [0.1, 0.15) is 36.2 Å². The number of carbonyl (C=O) groups excluding carboxylic acids is 1. The van der Waals surface area contributed by atoms with Crippen LogP contribution in [0.2, 0.25) is 0 Å². The third kappa shape index (κ3) is 3.14. The second kappa shape index (κ2) is 6.99. The summed E-state index contributed by atoms with van der Waals surface area (Å²) in [5.41, 5.74) is 0.928. The molecule has 1 atom stereocenters. The van der Waals surface area contributed by atoms with Crippen LogP contribution in [-0.4, -0.2) is 59.7 Å². The first-order valence-electron chi connectivity index (χ1n) is 8.97. The SMILES string of the molecule is CN(C)[C@H](C(=O)N1CCC(c2ncc[nH]2)CC1)c1ccc2c(c1)OCO2. The van der Waals surface area contributed by atoms with E-state index in [-0.39, 0.29) is 18.7 Å². The Morgan fingerprint density at radius 1 is 1.27 bits per heavy atom. The van der Waals surface area contributed by atoms with Crippen LogP contribution in [0.4, 0.5) is 0 Å². The number of H-pyrrole nitrogens is 1. The van der Waals surface area contributed by atoms with Crippen molar-refractivity contribution in [3.63, 3.8) is 0 Å². The van der Waals surface area contributed by atoms with Gasteiger partial charge in [-0.2, -0.15) is 0 Å². The molecule has 2 aliphatic heterocycles. The van der Waals surface area contributed by atoms with Crippen molar-refractivity contribution in [3.05, 3.63) is 42.0 Å². The molecule has 1 fully saturated rings. The highest BCUT2D eigenvalue weighted by Crippen LogP contribution is 2.36. The van der Waals surface area contributed by atoms with E-state index in [4.69, 9.17) is 9.47 Å². The summed E-state index contributed by atoms with van der Waals surface area (Å²) in [5.74, 6) is 3.00. The van der Waals surface area contributed by atoms with Crippen molar-refractivity contribution in [1.29, 1.82) is 0 Å². The van der Waals surface area contributed by atoms with Crippen molar-refractivity contribution in [2.24, 2.45) is 0 Å². The number of imidazole rings is 1. The molecule has 4 rings (SSSR count). The molecule has 1 saturated heterocycles. The predicted molar refractivity (Wildman–Crippen MR) is 96.1 cm³/mol. The van der Waals surface area contributed by atoms with Crippen LogP contribution in [0, 0.1) is 0 Å². The van der Waals surface area contributed by atoms with Crippen LogP contribution in [-0.2, 0) is 4.79 Å². The van der Waals surface area contributed by atoms with Crippen LogP contribution >= 0.6 is 0 Å². The molecule has 7 nitrogen and oxygen atoms in total. The maximum Gasteiger partial charge on any atom is 0.244 e. The van der Waals surface area contributed by atoms with E-state index in [0.29, 0.717) is 11.7 Å². The van der Waals surface area contributed by atoms with E-state index in [2.05, 4.69) is 9.97 Å². The van der Waals surface area contributed by atoms with Gasteiger partial charge in [0.2, 0.25) is 12.7 Å². The minimum absolute atomic E-state index is 0.131. The van der Waals surface area contributed by atoms with Gasteiger partial charge in [-0.15, -0.1) is 0 Å². The van der Waals surface area contributed by atoms with Gasteiger partial charge in [0.25, 0.3) is 0 Å². The molecule has 1 aromatic heterocycles. The standard InChI is InChI=1S/C19H24N4O3/c1-22(2)17(14-3-4-15-16(11-14)26-12-25-15)19(24)23-9-5-13(6-10-23)18-20-7-8-21-18/h3-4,7-8,11,13,17H,5-6,9-10,12H2,1-2H3,(H,20,21)/t17-/m0/s1. The lowest BCUT2D eigenvalue weighted by Gasteiger charge is -2.35. The number of benzene rings is 1. The fraction of sp³-hybridized carbons (Fsp3) is 0.474. The molecule has 2 aromatic rings. The summed E-state index contributed by atoms with van der Waals surface area (Å²) < 4.78 is 10.9. The Morgan fingerprint density at radius 3 is 2.73 bits per heavy atom. The normalized spacial score (nSPS) is 18.3. The number of fused-ring (bicyclic) bond motifs is 1. The molecule has 0 aliphatic carbocycles. The number of hydrogen-bond donors (Lipinski definition) is 1. The minimum atomic E-state index is -0.329. The number of carbonyl (C=O) groups is 1. The van der Waals surface area contributed by atoms with Gasteiger partial charge >= 0.3 is 0 Å². The highest BCUT2D eigenvalue weighted by atomic mass is 16.7. The number of rotatable bonds is 4. The molecule has 1 N–H and O–H groups in total. The lowest BCUT2D eigenvalue weighted by molar-refractivity contribution is -0.137. The topological polar surface area (TPSA) is 70.7 Å². The maximum atomic E-state index is 13.2. The number of aromatic nitrogens is 2. The summed E-state index contributed by atoms with van der Waals surface area (Å²) in [4.78, 5) is 24.7. The minimum Gasteiger partial charge on any atom is -0.454 e. The van der Waals surface area contributed by atoms with Crippen LogP contribution in [0.15, 0.2) is 30.6 Å². The number of likely N-dealkylation sites (tertiary alicyclic amines) is 1. The van der Waals surface area contributed by atoms with Crippen molar-refractivity contribution in [2.75, 3.05) is 34.0 Å². The molecule has 26 heavy (non-hydrogen) atoms. The average molecular weight is 356 g/mol. The molecule has 1 amide bonds. The fourth-order valence-electron chi connectivity index (χ4n) is 3.79. The molecule has 0 radical (unpaired) electrons. The number of aromatic amines is 1. The first-order chi connectivity index (χ1) is 12.6. The Hall–Kier alpha value is -2.54. The van der Waals surface area contributed by atoms with Gasteiger partial charge in [-0.25, -0.2) is 4.98 Å². The number of amides is 1. The second-order valence-electron chi connectivity index (χ2n) is 7.05. The van der Waals surface area contributed by atoms with E-state index in [1.807, 2.05) is 48.3 Å². The molecular formula is C19H24N4O3. The molecule has 0 bridgehead atoms. The first kappa shape index (κ1) is 16.9. The van der Waals surface area contributed by atoms with Crippen LogP contribution < -0.4 is 9.47 Å². The Labute approximate surface area is 152 Å². The Kier molecular flexibility index (Phi) is 4.55. The molecule has 2 aliphatic rings. The lowest BCUT2D eigenvalue weighted by atomic mass is 9.94. The van der Waals surface area contributed by atoms with Crippen molar-refractivity contribution < 1.29 is 14.3 Å². The zero-order chi connectivity index (χ0) is 18.1. The number of piperidine rings is 1. The molecule has 0 saturated carbocycles. The molecule has 138 valence electrons. The fourth-order valence-corrected chi connectivity index (χ4v) is 3.79. The van der Waals surface area contributed by atoms with Crippen molar-refractivity contribution >= 4 is 5.91 Å². The first-order valence-corrected chi connectivity index (χ1v) is 8.97. The number of likely N-dealkylation sites (N-methyl/N-ethyl adjacent to an activating group) is 1. The van der Waals surface area contributed by atoms with Gasteiger partial charge in [0.15, 0.2) is 11.5 Å². The number of hydrogen-bond acceptors (Lipinski definition) is 5. The monoisotopic (exact) mass is 356 g/mol. The Balaban J connectivity index is 1.48. The lowest BCUT2D eigenvalue weighted by Crippen LogP contribution is -2.44. The van der Waals surface area contributed by atoms with Crippen LogP contribution in [0.25, 0.3) is 0 Å². The van der Waals surface area contributed by atoms with E-state index in [1.165, 1.54) is 0 Å².